The monoisotopic (exact) mass is 311 g/mol. The molecule has 1 amide bonds. The van der Waals surface area contributed by atoms with Crippen molar-refractivity contribution in [2.24, 2.45) is 0 Å². The van der Waals surface area contributed by atoms with Gasteiger partial charge in [-0.05, 0) is 30.7 Å². The van der Waals surface area contributed by atoms with Gasteiger partial charge in [0.25, 0.3) is 5.91 Å². The lowest BCUT2D eigenvalue weighted by atomic mass is 10.2. The minimum atomic E-state index is -0.868. The Morgan fingerprint density at radius 3 is 2.62 bits per heavy atom. The summed E-state index contributed by atoms with van der Waals surface area (Å²) in [6.45, 7) is 1.47. The van der Waals surface area contributed by atoms with Gasteiger partial charge in [0, 0.05) is 7.05 Å². The number of halogens is 3. The lowest BCUT2D eigenvalue weighted by Crippen LogP contribution is -2.17. The van der Waals surface area contributed by atoms with E-state index >= 15 is 0 Å². The average Bonchev–Trinajstić information content (AvgIpc) is 2.48. The maximum Gasteiger partial charge on any atom is 0.276 e. The lowest BCUT2D eigenvalue weighted by Gasteiger charge is -2.10. The maximum atomic E-state index is 13.9. The van der Waals surface area contributed by atoms with Crippen molar-refractivity contribution >= 4 is 29.0 Å². The third-order valence-electron chi connectivity index (χ3n) is 2.84. The number of nitrogens with zero attached hydrogens (tertiary/aromatic N) is 1. The number of rotatable bonds is 3. The molecule has 0 radical (unpaired) electrons. The van der Waals surface area contributed by atoms with Crippen molar-refractivity contribution in [3.05, 3.63) is 52.2 Å². The van der Waals surface area contributed by atoms with E-state index in [0.29, 0.717) is 5.82 Å². The molecule has 0 saturated heterocycles. The smallest absolute Gasteiger partial charge is 0.276 e. The van der Waals surface area contributed by atoms with Crippen LogP contribution in [-0.2, 0) is 0 Å². The summed E-state index contributed by atoms with van der Waals surface area (Å²) in [5.74, 6) is -2.08. The fourth-order valence-electron chi connectivity index (χ4n) is 1.68. The SMILES string of the molecule is CNc1ccc(Cl)c(C(=O)Nc2c(F)ccc(C)c2F)n1. The molecular formula is C14H12ClF2N3O. The highest BCUT2D eigenvalue weighted by molar-refractivity contribution is 6.34. The molecule has 1 heterocycles. The Labute approximate surface area is 125 Å². The Bertz CT molecular complexity index is 707. The van der Waals surface area contributed by atoms with Crippen LogP contribution in [0.3, 0.4) is 0 Å². The summed E-state index contributed by atoms with van der Waals surface area (Å²) in [5, 5.41) is 4.99. The van der Waals surface area contributed by atoms with Crippen molar-refractivity contribution < 1.29 is 13.6 Å². The van der Waals surface area contributed by atoms with Crippen molar-refractivity contribution in [3.63, 3.8) is 0 Å². The van der Waals surface area contributed by atoms with E-state index in [1.807, 2.05) is 0 Å². The fourth-order valence-corrected chi connectivity index (χ4v) is 1.88. The molecule has 0 aliphatic carbocycles. The highest BCUT2D eigenvalue weighted by Gasteiger charge is 2.18. The second-order valence-electron chi connectivity index (χ2n) is 4.28. The van der Waals surface area contributed by atoms with Crippen molar-refractivity contribution in [1.82, 2.24) is 4.98 Å². The van der Waals surface area contributed by atoms with E-state index in [4.69, 9.17) is 11.6 Å². The predicted octanol–water partition coefficient (Wildman–Crippen LogP) is 3.62. The van der Waals surface area contributed by atoms with Gasteiger partial charge in [0.1, 0.15) is 23.0 Å². The van der Waals surface area contributed by atoms with Gasteiger partial charge < -0.3 is 10.6 Å². The highest BCUT2D eigenvalue weighted by Crippen LogP contribution is 2.24. The van der Waals surface area contributed by atoms with E-state index < -0.39 is 23.2 Å². The number of aryl methyl sites for hydroxylation is 1. The number of pyridine rings is 1. The molecule has 0 saturated carbocycles. The number of carbonyl (C=O) groups is 1. The molecule has 0 aliphatic rings. The van der Waals surface area contributed by atoms with Crippen LogP contribution in [-0.4, -0.2) is 17.9 Å². The number of hydrogen-bond donors (Lipinski definition) is 2. The first kappa shape index (κ1) is 15.2. The average molecular weight is 312 g/mol. The van der Waals surface area contributed by atoms with Crippen LogP contribution in [0.4, 0.5) is 20.3 Å². The van der Waals surface area contributed by atoms with Crippen molar-refractivity contribution in [3.8, 4) is 0 Å². The summed E-state index contributed by atoms with van der Waals surface area (Å²) in [4.78, 5) is 16.1. The Balaban J connectivity index is 2.37. The maximum absolute atomic E-state index is 13.9. The van der Waals surface area contributed by atoms with Crippen LogP contribution < -0.4 is 10.6 Å². The van der Waals surface area contributed by atoms with Crippen LogP contribution in [0.2, 0.25) is 5.02 Å². The van der Waals surface area contributed by atoms with Crippen LogP contribution in [0.5, 0.6) is 0 Å². The standard InChI is InChI=1S/C14H12ClF2N3O/c1-7-3-5-9(16)13(11(7)17)20-14(21)12-8(15)4-6-10(18-2)19-12/h3-6H,1-2H3,(H,18,19)(H,20,21). The molecule has 0 spiro atoms. The molecule has 7 heteroatoms. The molecule has 0 bridgehead atoms. The molecule has 2 N–H and O–H groups in total. The number of anilines is 2. The molecule has 2 rings (SSSR count). The second kappa shape index (κ2) is 6.05. The summed E-state index contributed by atoms with van der Waals surface area (Å²) in [5.41, 5.74) is -0.425. The normalized spacial score (nSPS) is 10.3. The van der Waals surface area contributed by atoms with E-state index in [2.05, 4.69) is 15.6 Å². The molecule has 0 fully saturated rings. The minimum Gasteiger partial charge on any atom is -0.373 e. The summed E-state index contributed by atoms with van der Waals surface area (Å²) in [7, 11) is 1.62. The number of hydrogen-bond acceptors (Lipinski definition) is 3. The number of amides is 1. The number of carbonyl (C=O) groups excluding carboxylic acids is 1. The largest absolute Gasteiger partial charge is 0.373 e. The van der Waals surface area contributed by atoms with Crippen molar-refractivity contribution in [2.45, 2.75) is 6.92 Å². The summed E-state index contributed by atoms with van der Waals surface area (Å²) in [6, 6.07) is 5.41. The molecule has 2 aromatic rings. The van der Waals surface area contributed by atoms with Crippen LogP contribution in [0.25, 0.3) is 0 Å². The van der Waals surface area contributed by atoms with Crippen LogP contribution in [0.15, 0.2) is 24.3 Å². The zero-order chi connectivity index (χ0) is 15.6. The van der Waals surface area contributed by atoms with Gasteiger partial charge in [0.15, 0.2) is 5.82 Å². The molecule has 0 unspecified atom stereocenters. The van der Waals surface area contributed by atoms with Gasteiger partial charge in [-0.15, -0.1) is 0 Å². The number of aromatic nitrogens is 1. The molecule has 0 atom stereocenters. The Morgan fingerprint density at radius 1 is 1.24 bits per heavy atom. The van der Waals surface area contributed by atoms with Gasteiger partial charge in [-0.2, -0.15) is 0 Å². The first-order chi connectivity index (χ1) is 9.93. The first-order valence-electron chi connectivity index (χ1n) is 6.04. The quantitative estimate of drug-likeness (QED) is 0.910. The van der Waals surface area contributed by atoms with E-state index in [0.717, 1.165) is 6.07 Å². The van der Waals surface area contributed by atoms with E-state index in [9.17, 15) is 13.6 Å². The zero-order valence-electron chi connectivity index (χ0n) is 11.3. The molecule has 0 aliphatic heterocycles. The first-order valence-corrected chi connectivity index (χ1v) is 6.42. The van der Waals surface area contributed by atoms with E-state index in [1.54, 1.807) is 13.1 Å². The zero-order valence-corrected chi connectivity index (χ0v) is 12.1. The van der Waals surface area contributed by atoms with E-state index in [1.165, 1.54) is 19.1 Å². The fraction of sp³-hybridized carbons (Fsp3) is 0.143. The van der Waals surface area contributed by atoms with Gasteiger partial charge in [-0.3, -0.25) is 4.79 Å². The molecule has 21 heavy (non-hydrogen) atoms. The Hall–Kier alpha value is -2.21. The number of nitrogens with one attached hydrogen (secondary N) is 2. The van der Waals surface area contributed by atoms with Crippen molar-refractivity contribution in [1.29, 1.82) is 0 Å². The van der Waals surface area contributed by atoms with Crippen LogP contribution in [0.1, 0.15) is 16.1 Å². The topological polar surface area (TPSA) is 54.0 Å². The van der Waals surface area contributed by atoms with Gasteiger partial charge in [0.05, 0.1) is 5.02 Å². The van der Waals surface area contributed by atoms with E-state index in [-0.39, 0.29) is 16.3 Å². The van der Waals surface area contributed by atoms with Gasteiger partial charge in [-0.25, -0.2) is 13.8 Å². The van der Waals surface area contributed by atoms with Gasteiger partial charge >= 0.3 is 0 Å². The predicted molar refractivity (Wildman–Crippen MR) is 77.8 cm³/mol. The van der Waals surface area contributed by atoms with Crippen molar-refractivity contribution in [2.75, 3.05) is 17.7 Å². The highest BCUT2D eigenvalue weighted by atomic mass is 35.5. The molecule has 1 aromatic heterocycles. The molecule has 1 aromatic carbocycles. The van der Waals surface area contributed by atoms with Gasteiger partial charge in [-0.1, -0.05) is 17.7 Å². The third-order valence-corrected chi connectivity index (χ3v) is 3.14. The summed E-state index contributed by atoms with van der Waals surface area (Å²) < 4.78 is 27.5. The van der Waals surface area contributed by atoms with Crippen LogP contribution in [0, 0.1) is 18.6 Å². The molecular weight excluding hydrogens is 300 g/mol. The Morgan fingerprint density at radius 2 is 1.95 bits per heavy atom. The van der Waals surface area contributed by atoms with Crippen LogP contribution >= 0.6 is 11.6 Å². The lowest BCUT2D eigenvalue weighted by molar-refractivity contribution is 0.102. The number of benzene rings is 1. The second-order valence-corrected chi connectivity index (χ2v) is 4.69. The summed E-state index contributed by atoms with van der Waals surface area (Å²) >= 11 is 5.89. The Kier molecular flexibility index (Phi) is 4.37. The summed E-state index contributed by atoms with van der Waals surface area (Å²) in [6.07, 6.45) is 0. The third kappa shape index (κ3) is 3.11. The minimum absolute atomic E-state index is 0.0833. The van der Waals surface area contributed by atoms with Gasteiger partial charge in [0.2, 0.25) is 0 Å². The molecule has 4 nitrogen and oxygen atoms in total. The molecule has 110 valence electrons.